The molecule has 0 aliphatic carbocycles. The Morgan fingerprint density at radius 3 is 2.89 bits per heavy atom. The molecule has 1 aliphatic heterocycles. The third-order valence-electron chi connectivity index (χ3n) is 3.04. The lowest BCUT2D eigenvalue weighted by molar-refractivity contribution is 0.0754. The smallest absolute Gasteiger partial charge is 0.275 e. The predicted octanol–water partition coefficient (Wildman–Crippen LogP) is 1.53. The summed E-state index contributed by atoms with van der Waals surface area (Å²) in [5, 5.41) is 10.7. The van der Waals surface area contributed by atoms with Gasteiger partial charge in [0, 0.05) is 13.1 Å². The maximum absolute atomic E-state index is 12.1. The van der Waals surface area contributed by atoms with Gasteiger partial charge in [-0.3, -0.25) is 10.2 Å². The van der Waals surface area contributed by atoms with Crippen LogP contribution in [0.2, 0.25) is 0 Å². The lowest BCUT2D eigenvalue weighted by atomic mass is 10.2. The molecule has 2 N–H and O–H groups in total. The van der Waals surface area contributed by atoms with Gasteiger partial charge in [-0.15, -0.1) is 11.3 Å². The quantitative estimate of drug-likeness (QED) is 0.807. The molecule has 2 rings (SSSR count). The number of aliphatic hydroxyl groups excluding tert-OH is 1. The molecule has 5 heteroatoms. The van der Waals surface area contributed by atoms with E-state index in [0.29, 0.717) is 4.88 Å². The summed E-state index contributed by atoms with van der Waals surface area (Å²) in [5.74, 6) is 5.42. The average Bonchev–Trinajstić information content (AvgIpc) is 2.79. The van der Waals surface area contributed by atoms with E-state index in [1.807, 2.05) is 18.0 Å². The number of piperidine rings is 1. The molecule has 1 aliphatic rings. The number of aliphatic hydroxyl groups is 1. The molecule has 0 atom stereocenters. The van der Waals surface area contributed by atoms with Crippen LogP contribution in [0.3, 0.4) is 0 Å². The first-order chi connectivity index (χ1) is 9.20. The van der Waals surface area contributed by atoms with Gasteiger partial charge >= 0.3 is 0 Å². The summed E-state index contributed by atoms with van der Waals surface area (Å²) < 4.78 is 0. The van der Waals surface area contributed by atoms with Gasteiger partial charge in [-0.05, 0) is 31.4 Å². The van der Waals surface area contributed by atoms with Crippen molar-refractivity contribution in [3.8, 4) is 11.8 Å². The van der Waals surface area contributed by atoms with Crippen molar-refractivity contribution in [2.24, 2.45) is 0 Å². The molecule has 19 heavy (non-hydrogen) atoms. The van der Waals surface area contributed by atoms with Crippen molar-refractivity contribution in [3.63, 3.8) is 0 Å². The zero-order valence-corrected chi connectivity index (χ0v) is 11.8. The first kappa shape index (κ1) is 14.1. The highest BCUT2D eigenvalue weighted by Gasteiger charge is 2.16. The van der Waals surface area contributed by atoms with E-state index in [0.717, 1.165) is 36.4 Å². The topological polar surface area (TPSA) is 52.6 Å². The van der Waals surface area contributed by atoms with Gasteiger partial charge in [-0.1, -0.05) is 18.3 Å². The van der Waals surface area contributed by atoms with E-state index in [2.05, 4.69) is 17.3 Å². The fourth-order valence-electron chi connectivity index (χ4n) is 2.04. The molecule has 1 fully saturated rings. The molecule has 1 saturated heterocycles. The van der Waals surface area contributed by atoms with Crippen LogP contribution in [0.4, 0.5) is 0 Å². The molecular weight excluding hydrogens is 260 g/mol. The van der Waals surface area contributed by atoms with E-state index < -0.39 is 0 Å². The second-order valence-electron chi connectivity index (χ2n) is 4.57. The number of aryl methyl sites for hydroxylation is 1. The van der Waals surface area contributed by atoms with Crippen LogP contribution in [0.15, 0.2) is 6.07 Å². The number of nitrogens with one attached hydrogen (secondary N) is 1. The number of thiophene rings is 1. The van der Waals surface area contributed by atoms with Gasteiger partial charge in [-0.25, -0.2) is 5.01 Å². The largest absolute Gasteiger partial charge is 0.384 e. The molecule has 4 nitrogen and oxygen atoms in total. The third kappa shape index (κ3) is 3.80. The van der Waals surface area contributed by atoms with Crippen molar-refractivity contribution in [2.75, 3.05) is 19.7 Å². The summed E-state index contributed by atoms with van der Waals surface area (Å²) in [7, 11) is 0. The number of carbonyl (C=O) groups excluding carboxylic acids is 1. The molecule has 2 heterocycles. The molecule has 102 valence electrons. The van der Waals surface area contributed by atoms with E-state index in [1.54, 1.807) is 0 Å². The number of hydrogen-bond acceptors (Lipinski definition) is 4. The van der Waals surface area contributed by atoms with Crippen molar-refractivity contribution in [3.05, 3.63) is 21.4 Å². The highest BCUT2D eigenvalue weighted by Crippen LogP contribution is 2.21. The highest BCUT2D eigenvalue weighted by atomic mass is 32.1. The molecule has 0 unspecified atom stereocenters. The van der Waals surface area contributed by atoms with E-state index in [1.165, 1.54) is 17.8 Å². The number of hydrazine groups is 1. The van der Waals surface area contributed by atoms with E-state index in [4.69, 9.17) is 5.11 Å². The molecule has 1 aromatic rings. The van der Waals surface area contributed by atoms with Gasteiger partial charge in [0.1, 0.15) is 6.61 Å². The Morgan fingerprint density at radius 2 is 2.21 bits per heavy atom. The Hall–Kier alpha value is -1.35. The van der Waals surface area contributed by atoms with Gasteiger partial charge in [0.25, 0.3) is 5.91 Å². The fourth-order valence-corrected chi connectivity index (χ4v) is 2.98. The summed E-state index contributed by atoms with van der Waals surface area (Å²) in [6, 6.07) is 1.85. The number of amides is 1. The Morgan fingerprint density at radius 1 is 1.47 bits per heavy atom. The normalized spacial score (nSPS) is 15.7. The fraction of sp³-hybridized carbons (Fsp3) is 0.500. The minimum atomic E-state index is -0.160. The van der Waals surface area contributed by atoms with E-state index in [9.17, 15) is 4.79 Å². The molecule has 0 bridgehead atoms. The predicted molar refractivity (Wildman–Crippen MR) is 75.9 cm³/mol. The Kier molecular flexibility index (Phi) is 4.97. The SMILES string of the molecule is Cc1cc(C(=O)NN2CCCCC2)sc1C#CCO. The van der Waals surface area contributed by atoms with Crippen molar-refractivity contribution < 1.29 is 9.90 Å². The van der Waals surface area contributed by atoms with Crippen LogP contribution >= 0.6 is 11.3 Å². The second-order valence-corrected chi connectivity index (χ2v) is 5.62. The molecule has 0 aromatic carbocycles. The van der Waals surface area contributed by atoms with Gasteiger partial charge in [0.2, 0.25) is 0 Å². The second kappa shape index (κ2) is 6.71. The van der Waals surface area contributed by atoms with Gasteiger partial charge in [-0.2, -0.15) is 0 Å². The third-order valence-corrected chi connectivity index (χ3v) is 4.19. The van der Waals surface area contributed by atoms with Crippen LogP contribution in [-0.2, 0) is 0 Å². The van der Waals surface area contributed by atoms with E-state index >= 15 is 0 Å². The molecular formula is C14H18N2O2S. The van der Waals surface area contributed by atoms with E-state index in [-0.39, 0.29) is 12.5 Å². The maximum Gasteiger partial charge on any atom is 0.275 e. The first-order valence-electron chi connectivity index (χ1n) is 6.47. The van der Waals surface area contributed by atoms with Gasteiger partial charge in [0.05, 0.1) is 9.75 Å². The highest BCUT2D eigenvalue weighted by molar-refractivity contribution is 7.14. The number of rotatable bonds is 2. The molecule has 1 aromatic heterocycles. The summed E-state index contributed by atoms with van der Waals surface area (Å²) in [5.41, 5.74) is 3.92. The summed E-state index contributed by atoms with van der Waals surface area (Å²) in [6.45, 7) is 3.61. The number of hydrogen-bond donors (Lipinski definition) is 2. The minimum absolute atomic E-state index is 0.0629. The number of nitrogens with zero attached hydrogens (tertiary/aromatic N) is 1. The van der Waals surface area contributed by atoms with Crippen LogP contribution in [0.25, 0.3) is 0 Å². The zero-order valence-electron chi connectivity index (χ0n) is 11.0. The van der Waals surface area contributed by atoms with Crippen LogP contribution in [0, 0.1) is 18.8 Å². The van der Waals surface area contributed by atoms with Crippen molar-refractivity contribution in [1.82, 2.24) is 10.4 Å². The lowest BCUT2D eigenvalue weighted by Gasteiger charge is -2.26. The summed E-state index contributed by atoms with van der Waals surface area (Å²) >= 11 is 1.37. The molecule has 0 spiro atoms. The Labute approximate surface area is 117 Å². The Balaban J connectivity index is 2.02. The zero-order chi connectivity index (χ0) is 13.7. The first-order valence-corrected chi connectivity index (χ1v) is 7.28. The van der Waals surface area contributed by atoms with Crippen molar-refractivity contribution >= 4 is 17.2 Å². The van der Waals surface area contributed by atoms with Gasteiger partial charge < -0.3 is 5.11 Å². The van der Waals surface area contributed by atoms with Gasteiger partial charge in [0.15, 0.2) is 0 Å². The Bertz CT molecular complexity index is 507. The van der Waals surface area contributed by atoms with Crippen molar-refractivity contribution in [1.29, 1.82) is 0 Å². The van der Waals surface area contributed by atoms with Crippen LogP contribution in [0.5, 0.6) is 0 Å². The molecule has 0 radical (unpaired) electrons. The van der Waals surface area contributed by atoms with Crippen LogP contribution in [-0.4, -0.2) is 35.7 Å². The monoisotopic (exact) mass is 278 g/mol. The van der Waals surface area contributed by atoms with Crippen molar-refractivity contribution in [2.45, 2.75) is 26.2 Å². The summed E-state index contributed by atoms with van der Waals surface area (Å²) in [6.07, 6.45) is 3.51. The maximum atomic E-state index is 12.1. The molecule has 0 saturated carbocycles. The van der Waals surface area contributed by atoms with Crippen LogP contribution < -0.4 is 5.43 Å². The van der Waals surface area contributed by atoms with Crippen LogP contribution in [0.1, 0.15) is 39.4 Å². The lowest BCUT2D eigenvalue weighted by Crippen LogP contribution is -2.44. The average molecular weight is 278 g/mol. The minimum Gasteiger partial charge on any atom is -0.384 e. The number of carbonyl (C=O) groups is 1. The standard InChI is InChI=1S/C14H18N2O2S/c1-11-10-13(19-12(11)6-5-9-17)14(18)15-16-7-3-2-4-8-16/h10,17H,2-4,7-9H2,1H3,(H,15,18). The summed E-state index contributed by atoms with van der Waals surface area (Å²) in [4.78, 5) is 13.6. The molecule has 1 amide bonds.